The van der Waals surface area contributed by atoms with Gasteiger partial charge in [0.05, 0.1) is 11.4 Å². The molecule has 0 aliphatic carbocycles. The summed E-state index contributed by atoms with van der Waals surface area (Å²) in [5.41, 5.74) is 0.728. The van der Waals surface area contributed by atoms with E-state index in [0.29, 0.717) is 10.7 Å². The molecule has 1 amide bonds. The minimum atomic E-state index is -0.570. The number of halogens is 2. The molecule has 0 spiro atoms. The number of rotatable bonds is 9. The molecule has 0 fully saturated rings. The molecule has 154 valence electrons. The van der Waals surface area contributed by atoms with Gasteiger partial charge >= 0.3 is 0 Å². The van der Waals surface area contributed by atoms with Gasteiger partial charge in [-0.1, -0.05) is 48.5 Å². The molecule has 0 saturated heterocycles. The van der Waals surface area contributed by atoms with Gasteiger partial charge in [0.15, 0.2) is 10.8 Å². The largest absolute Gasteiger partial charge is 0.348 e. The van der Waals surface area contributed by atoms with Crippen LogP contribution in [0.2, 0.25) is 5.02 Å². The van der Waals surface area contributed by atoms with Crippen molar-refractivity contribution in [1.29, 1.82) is 0 Å². The molecule has 3 rings (SSSR count). The molecule has 1 aromatic carbocycles. The standard InChI is InChI=1S/C19H21ClFN5OS2/c1-3-7-26(8-4-2)19-25-17-16(29-19)18(23-11-22-17)28-10-15(27)24-14-6-5-12(20)9-13(14)21/h5-6,9,11H,3-4,7-8,10H2,1-2H3,(H,24,27). The van der Waals surface area contributed by atoms with E-state index in [2.05, 4.69) is 39.0 Å². The molecule has 6 nitrogen and oxygen atoms in total. The number of hydrogen-bond acceptors (Lipinski definition) is 7. The van der Waals surface area contributed by atoms with Gasteiger partial charge in [0.2, 0.25) is 5.91 Å². The van der Waals surface area contributed by atoms with Crippen LogP contribution in [0.15, 0.2) is 29.6 Å². The van der Waals surface area contributed by atoms with E-state index < -0.39 is 5.82 Å². The fourth-order valence-corrected chi connectivity index (χ4v) is 4.82. The number of thiazole rings is 1. The molecule has 2 heterocycles. The highest BCUT2D eigenvalue weighted by Gasteiger charge is 2.16. The van der Waals surface area contributed by atoms with Crippen LogP contribution >= 0.6 is 34.7 Å². The maximum atomic E-state index is 13.8. The summed E-state index contributed by atoms with van der Waals surface area (Å²) in [7, 11) is 0. The monoisotopic (exact) mass is 453 g/mol. The molecule has 1 N–H and O–H groups in total. The van der Waals surface area contributed by atoms with Crippen LogP contribution in [0.3, 0.4) is 0 Å². The van der Waals surface area contributed by atoms with Crippen LogP contribution in [0.1, 0.15) is 26.7 Å². The van der Waals surface area contributed by atoms with Gasteiger partial charge in [0.1, 0.15) is 21.9 Å². The predicted molar refractivity (Wildman–Crippen MR) is 119 cm³/mol. The van der Waals surface area contributed by atoms with Crippen LogP contribution in [0.5, 0.6) is 0 Å². The smallest absolute Gasteiger partial charge is 0.234 e. The summed E-state index contributed by atoms with van der Waals surface area (Å²) in [6, 6.07) is 4.13. The molecule has 10 heteroatoms. The Hall–Kier alpha value is -1.97. The van der Waals surface area contributed by atoms with E-state index in [-0.39, 0.29) is 22.4 Å². The Morgan fingerprint density at radius 1 is 1.28 bits per heavy atom. The van der Waals surface area contributed by atoms with Crippen molar-refractivity contribution in [1.82, 2.24) is 15.0 Å². The lowest BCUT2D eigenvalue weighted by molar-refractivity contribution is -0.113. The number of aromatic nitrogens is 3. The molecule has 29 heavy (non-hydrogen) atoms. The van der Waals surface area contributed by atoms with Crippen LogP contribution in [0.4, 0.5) is 15.2 Å². The highest BCUT2D eigenvalue weighted by molar-refractivity contribution is 8.00. The van der Waals surface area contributed by atoms with Crippen LogP contribution in [0, 0.1) is 5.82 Å². The first-order valence-electron chi connectivity index (χ1n) is 9.26. The third kappa shape index (κ3) is 5.55. The van der Waals surface area contributed by atoms with Crippen LogP contribution in [0.25, 0.3) is 10.3 Å². The number of fused-ring (bicyclic) bond motifs is 1. The molecule has 2 aromatic heterocycles. The fourth-order valence-electron chi connectivity index (χ4n) is 2.71. The molecule has 0 atom stereocenters. The number of amides is 1. The summed E-state index contributed by atoms with van der Waals surface area (Å²) in [6.45, 7) is 6.13. The zero-order valence-corrected chi connectivity index (χ0v) is 18.5. The number of nitrogens with one attached hydrogen (secondary N) is 1. The first-order chi connectivity index (χ1) is 14.0. The molecular weight excluding hydrogens is 433 g/mol. The predicted octanol–water partition coefficient (Wildman–Crippen LogP) is 5.24. The van der Waals surface area contributed by atoms with Gasteiger partial charge in [0, 0.05) is 18.1 Å². The normalized spacial score (nSPS) is 11.0. The van der Waals surface area contributed by atoms with Crippen molar-refractivity contribution in [2.75, 3.05) is 29.1 Å². The van der Waals surface area contributed by atoms with E-state index in [1.165, 1.54) is 41.6 Å². The zero-order chi connectivity index (χ0) is 20.8. The topological polar surface area (TPSA) is 71.0 Å². The molecule has 0 aliphatic rings. The number of anilines is 2. The summed E-state index contributed by atoms with van der Waals surface area (Å²) in [5.74, 6) is -0.805. The van der Waals surface area contributed by atoms with E-state index in [4.69, 9.17) is 11.6 Å². The fraction of sp³-hybridized carbons (Fsp3) is 0.368. The number of benzene rings is 1. The van der Waals surface area contributed by atoms with Gasteiger partial charge in [0.25, 0.3) is 0 Å². The number of thioether (sulfide) groups is 1. The van der Waals surface area contributed by atoms with E-state index in [1.54, 1.807) is 0 Å². The van der Waals surface area contributed by atoms with E-state index in [1.807, 2.05) is 0 Å². The van der Waals surface area contributed by atoms with Crippen molar-refractivity contribution in [3.8, 4) is 0 Å². The Balaban J connectivity index is 1.72. The highest BCUT2D eigenvalue weighted by Crippen LogP contribution is 2.34. The second-order valence-electron chi connectivity index (χ2n) is 6.28. The van der Waals surface area contributed by atoms with E-state index in [9.17, 15) is 9.18 Å². The van der Waals surface area contributed by atoms with Gasteiger partial charge in [-0.05, 0) is 31.0 Å². The number of carbonyl (C=O) groups is 1. The molecule has 0 aliphatic heterocycles. The Morgan fingerprint density at radius 3 is 2.72 bits per heavy atom. The van der Waals surface area contributed by atoms with Gasteiger partial charge in [-0.2, -0.15) is 4.98 Å². The van der Waals surface area contributed by atoms with Crippen molar-refractivity contribution in [3.63, 3.8) is 0 Å². The molecular formula is C19H21ClFN5OS2. The minimum Gasteiger partial charge on any atom is -0.348 e. The maximum Gasteiger partial charge on any atom is 0.234 e. The van der Waals surface area contributed by atoms with E-state index in [0.717, 1.165) is 41.8 Å². The molecule has 0 saturated carbocycles. The minimum absolute atomic E-state index is 0.0923. The van der Waals surface area contributed by atoms with Gasteiger partial charge in [-0.15, -0.1) is 0 Å². The molecule has 0 radical (unpaired) electrons. The third-order valence-electron chi connectivity index (χ3n) is 3.95. The van der Waals surface area contributed by atoms with Gasteiger partial charge in [-0.25, -0.2) is 14.4 Å². The Kier molecular flexibility index (Phi) is 7.63. The average Bonchev–Trinajstić information content (AvgIpc) is 3.13. The van der Waals surface area contributed by atoms with E-state index >= 15 is 0 Å². The summed E-state index contributed by atoms with van der Waals surface area (Å²) < 4.78 is 14.7. The van der Waals surface area contributed by atoms with Crippen molar-refractivity contribution >= 4 is 61.8 Å². The van der Waals surface area contributed by atoms with Crippen molar-refractivity contribution in [2.45, 2.75) is 31.7 Å². The van der Waals surface area contributed by atoms with Crippen molar-refractivity contribution < 1.29 is 9.18 Å². The second-order valence-corrected chi connectivity index (χ2v) is 8.65. The quantitative estimate of drug-likeness (QED) is 0.353. The van der Waals surface area contributed by atoms with Crippen LogP contribution < -0.4 is 10.2 Å². The molecule has 0 bridgehead atoms. The van der Waals surface area contributed by atoms with Gasteiger partial charge < -0.3 is 10.2 Å². The van der Waals surface area contributed by atoms with Crippen molar-refractivity contribution in [3.05, 3.63) is 35.4 Å². The van der Waals surface area contributed by atoms with Crippen LogP contribution in [-0.4, -0.2) is 39.7 Å². The SMILES string of the molecule is CCCN(CCC)c1nc2ncnc(SCC(=O)Nc3ccc(Cl)cc3F)c2s1. The zero-order valence-electron chi connectivity index (χ0n) is 16.1. The number of nitrogens with zero attached hydrogens (tertiary/aromatic N) is 4. The van der Waals surface area contributed by atoms with Crippen LogP contribution in [-0.2, 0) is 4.79 Å². The molecule has 3 aromatic rings. The summed E-state index contributed by atoms with van der Waals surface area (Å²) in [6.07, 6.45) is 3.52. The average molecular weight is 454 g/mol. The Bertz CT molecular complexity index is 994. The summed E-state index contributed by atoms with van der Waals surface area (Å²) >= 11 is 8.55. The second kappa shape index (κ2) is 10.2. The lowest BCUT2D eigenvalue weighted by atomic mass is 10.3. The summed E-state index contributed by atoms with van der Waals surface area (Å²) in [4.78, 5) is 27.7. The Morgan fingerprint density at radius 2 is 2.03 bits per heavy atom. The first-order valence-corrected chi connectivity index (χ1v) is 11.4. The highest BCUT2D eigenvalue weighted by atomic mass is 35.5. The third-order valence-corrected chi connectivity index (χ3v) is 6.42. The Labute approximate surface area is 181 Å². The lowest BCUT2D eigenvalue weighted by Gasteiger charge is -2.19. The number of carbonyl (C=O) groups excluding carboxylic acids is 1. The number of hydrogen-bond donors (Lipinski definition) is 1. The van der Waals surface area contributed by atoms with Gasteiger partial charge in [-0.3, -0.25) is 4.79 Å². The lowest BCUT2D eigenvalue weighted by Crippen LogP contribution is -2.24. The first kappa shape index (κ1) is 21.7. The molecule has 0 unspecified atom stereocenters. The summed E-state index contributed by atoms with van der Waals surface area (Å²) in [5, 5.41) is 4.44. The van der Waals surface area contributed by atoms with Crippen molar-refractivity contribution in [2.24, 2.45) is 0 Å². The maximum absolute atomic E-state index is 13.8.